The molecule has 0 saturated heterocycles. The van der Waals surface area contributed by atoms with E-state index in [-0.39, 0.29) is 21.9 Å². The average Bonchev–Trinajstić information content (AvgIpc) is 2.53. The molecule has 0 saturated carbocycles. The fourth-order valence-corrected chi connectivity index (χ4v) is 2.97. The van der Waals surface area contributed by atoms with E-state index in [0.717, 1.165) is 5.56 Å². The first-order valence-corrected chi connectivity index (χ1v) is 8.99. The molecule has 2 aromatic rings. The minimum absolute atomic E-state index is 0.0121. The SMILES string of the molecule is CCOc1cc(CNc2cc(Cl)c(O)c(Cl)c2)cc(Cl)c1OC(C)C. The second-order valence-corrected chi connectivity index (χ2v) is 6.87. The highest BCUT2D eigenvalue weighted by Gasteiger charge is 2.14. The van der Waals surface area contributed by atoms with Gasteiger partial charge in [0.05, 0.1) is 27.8 Å². The molecule has 0 radical (unpaired) electrons. The van der Waals surface area contributed by atoms with Crippen LogP contribution in [0.2, 0.25) is 15.1 Å². The van der Waals surface area contributed by atoms with E-state index in [9.17, 15) is 5.11 Å². The smallest absolute Gasteiger partial charge is 0.180 e. The van der Waals surface area contributed by atoms with Gasteiger partial charge in [0.25, 0.3) is 0 Å². The third-order valence-corrected chi connectivity index (χ3v) is 4.09. The van der Waals surface area contributed by atoms with E-state index >= 15 is 0 Å². The molecule has 2 rings (SSSR count). The molecule has 2 aromatic carbocycles. The Bertz CT molecular complexity index is 728. The maximum absolute atomic E-state index is 9.61. The average molecular weight is 405 g/mol. The molecule has 0 aliphatic heterocycles. The van der Waals surface area contributed by atoms with Gasteiger partial charge in [-0.1, -0.05) is 34.8 Å². The van der Waals surface area contributed by atoms with Crippen molar-refractivity contribution < 1.29 is 14.6 Å². The Hall–Kier alpha value is -1.49. The van der Waals surface area contributed by atoms with E-state index in [1.54, 1.807) is 12.1 Å². The van der Waals surface area contributed by atoms with E-state index in [4.69, 9.17) is 44.3 Å². The molecule has 136 valence electrons. The van der Waals surface area contributed by atoms with Gasteiger partial charge in [-0.05, 0) is 50.6 Å². The number of hydrogen-bond donors (Lipinski definition) is 2. The molecule has 0 amide bonds. The van der Waals surface area contributed by atoms with Crippen molar-refractivity contribution in [1.29, 1.82) is 0 Å². The third-order valence-electron chi connectivity index (χ3n) is 3.24. The summed E-state index contributed by atoms with van der Waals surface area (Å²) in [5.41, 5.74) is 1.59. The number of aromatic hydroxyl groups is 1. The van der Waals surface area contributed by atoms with Gasteiger partial charge in [0.2, 0.25) is 0 Å². The van der Waals surface area contributed by atoms with Crippen LogP contribution in [0.4, 0.5) is 5.69 Å². The van der Waals surface area contributed by atoms with E-state index < -0.39 is 0 Å². The van der Waals surface area contributed by atoms with Crippen molar-refractivity contribution in [2.75, 3.05) is 11.9 Å². The molecule has 0 bridgehead atoms. The van der Waals surface area contributed by atoms with Gasteiger partial charge >= 0.3 is 0 Å². The molecule has 25 heavy (non-hydrogen) atoms. The highest BCUT2D eigenvalue weighted by Crippen LogP contribution is 2.38. The van der Waals surface area contributed by atoms with Gasteiger partial charge in [0.15, 0.2) is 17.2 Å². The van der Waals surface area contributed by atoms with Gasteiger partial charge in [-0.3, -0.25) is 0 Å². The molecular weight excluding hydrogens is 385 g/mol. The maximum atomic E-state index is 9.61. The number of ether oxygens (including phenoxy) is 2. The van der Waals surface area contributed by atoms with Crippen molar-refractivity contribution in [3.63, 3.8) is 0 Å². The molecule has 0 unspecified atom stereocenters. The number of halogens is 3. The van der Waals surface area contributed by atoms with Crippen molar-refractivity contribution in [3.05, 3.63) is 44.9 Å². The van der Waals surface area contributed by atoms with Crippen LogP contribution < -0.4 is 14.8 Å². The van der Waals surface area contributed by atoms with E-state index in [1.807, 2.05) is 32.9 Å². The van der Waals surface area contributed by atoms with Crippen molar-refractivity contribution >= 4 is 40.5 Å². The number of phenols is 1. The minimum atomic E-state index is -0.134. The Morgan fingerprint density at radius 3 is 2.24 bits per heavy atom. The van der Waals surface area contributed by atoms with Crippen LogP contribution in [0.3, 0.4) is 0 Å². The fourth-order valence-electron chi connectivity index (χ4n) is 2.21. The van der Waals surface area contributed by atoms with Crippen molar-refractivity contribution in [2.45, 2.75) is 33.4 Å². The number of phenolic OH excluding ortho intramolecular Hbond substituents is 1. The quantitative estimate of drug-likeness (QED) is 0.543. The summed E-state index contributed by atoms with van der Waals surface area (Å²) >= 11 is 18.2. The van der Waals surface area contributed by atoms with Crippen molar-refractivity contribution in [3.8, 4) is 17.2 Å². The van der Waals surface area contributed by atoms with E-state index in [0.29, 0.717) is 35.4 Å². The predicted molar refractivity (Wildman–Crippen MR) is 104 cm³/mol. The van der Waals surface area contributed by atoms with Crippen LogP contribution in [0, 0.1) is 0 Å². The maximum Gasteiger partial charge on any atom is 0.180 e. The van der Waals surface area contributed by atoms with Crippen LogP contribution in [0.5, 0.6) is 17.2 Å². The molecular formula is C18H20Cl3NO3. The number of hydrogen-bond acceptors (Lipinski definition) is 4. The standard InChI is InChI=1S/C18H20Cl3NO3/c1-4-24-16-6-11(5-15(21)18(16)25-10(2)3)9-22-12-7-13(19)17(23)14(20)8-12/h5-8,10,22-23H,4,9H2,1-3H3. The van der Waals surface area contributed by atoms with Gasteiger partial charge in [-0.2, -0.15) is 0 Å². The normalized spacial score (nSPS) is 10.8. The Labute approximate surface area is 162 Å². The molecule has 0 aliphatic rings. The van der Waals surface area contributed by atoms with Gasteiger partial charge in [-0.15, -0.1) is 0 Å². The van der Waals surface area contributed by atoms with Crippen LogP contribution >= 0.6 is 34.8 Å². The zero-order valence-corrected chi connectivity index (χ0v) is 16.5. The van der Waals surface area contributed by atoms with Crippen LogP contribution in [0.1, 0.15) is 26.3 Å². The summed E-state index contributed by atoms with van der Waals surface area (Å²) < 4.78 is 11.4. The first-order valence-electron chi connectivity index (χ1n) is 7.85. The fraction of sp³-hybridized carbons (Fsp3) is 0.333. The molecule has 0 atom stereocenters. The molecule has 0 aromatic heterocycles. The zero-order valence-electron chi connectivity index (χ0n) is 14.2. The lowest BCUT2D eigenvalue weighted by molar-refractivity contribution is 0.224. The number of nitrogens with one attached hydrogen (secondary N) is 1. The molecule has 2 N–H and O–H groups in total. The van der Waals surface area contributed by atoms with Crippen molar-refractivity contribution in [1.82, 2.24) is 0 Å². The van der Waals surface area contributed by atoms with Crippen molar-refractivity contribution in [2.24, 2.45) is 0 Å². The van der Waals surface area contributed by atoms with Gasteiger partial charge < -0.3 is 19.9 Å². The lowest BCUT2D eigenvalue weighted by Crippen LogP contribution is -2.09. The van der Waals surface area contributed by atoms with E-state index in [1.165, 1.54) is 0 Å². The Morgan fingerprint density at radius 1 is 1.04 bits per heavy atom. The largest absolute Gasteiger partial charge is 0.505 e. The number of rotatable bonds is 7. The summed E-state index contributed by atoms with van der Waals surface area (Å²) in [6.07, 6.45) is -0.0121. The summed E-state index contributed by atoms with van der Waals surface area (Å²) in [4.78, 5) is 0. The molecule has 0 spiro atoms. The summed E-state index contributed by atoms with van der Waals surface area (Å²) in [6, 6.07) is 6.90. The Balaban J connectivity index is 2.22. The lowest BCUT2D eigenvalue weighted by atomic mass is 10.2. The van der Waals surface area contributed by atoms with Gasteiger partial charge in [0, 0.05) is 12.2 Å². The second-order valence-electron chi connectivity index (χ2n) is 5.65. The monoisotopic (exact) mass is 403 g/mol. The summed E-state index contributed by atoms with van der Waals surface area (Å²) in [5.74, 6) is 1.01. The topological polar surface area (TPSA) is 50.7 Å². The molecule has 4 nitrogen and oxygen atoms in total. The van der Waals surface area contributed by atoms with Crippen LogP contribution in [0.15, 0.2) is 24.3 Å². The molecule has 7 heteroatoms. The minimum Gasteiger partial charge on any atom is -0.505 e. The molecule has 0 fully saturated rings. The number of benzene rings is 2. The Kier molecular flexibility index (Phi) is 6.94. The predicted octanol–water partition coefficient (Wildman–Crippen LogP) is 6.15. The van der Waals surface area contributed by atoms with Gasteiger partial charge in [-0.25, -0.2) is 0 Å². The summed E-state index contributed by atoms with van der Waals surface area (Å²) in [5, 5.41) is 13.7. The van der Waals surface area contributed by atoms with Crippen LogP contribution in [0.25, 0.3) is 0 Å². The first-order chi connectivity index (χ1) is 11.8. The van der Waals surface area contributed by atoms with Crippen LogP contribution in [-0.4, -0.2) is 17.8 Å². The molecule has 0 heterocycles. The zero-order chi connectivity index (χ0) is 18.6. The Morgan fingerprint density at radius 2 is 1.68 bits per heavy atom. The van der Waals surface area contributed by atoms with E-state index in [2.05, 4.69) is 5.32 Å². The highest BCUT2D eigenvalue weighted by molar-refractivity contribution is 6.37. The molecule has 0 aliphatic carbocycles. The first kappa shape index (κ1) is 19.8. The number of anilines is 1. The lowest BCUT2D eigenvalue weighted by Gasteiger charge is -2.17. The van der Waals surface area contributed by atoms with Gasteiger partial charge in [0.1, 0.15) is 0 Å². The second kappa shape index (κ2) is 8.75. The highest BCUT2D eigenvalue weighted by atomic mass is 35.5. The summed E-state index contributed by atoms with van der Waals surface area (Å²) in [7, 11) is 0. The van der Waals surface area contributed by atoms with Crippen LogP contribution in [-0.2, 0) is 6.54 Å². The summed E-state index contributed by atoms with van der Waals surface area (Å²) in [6.45, 7) is 6.74. The third kappa shape index (κ3) is 5.24.